The van der Waals surface area contributed by atoms with Gasteiger partial charge in [-0.1, -0.05) is 36.7 Å². The summed E-state index contributed by atoms with van der Waals surface area (Å²) in [6.07, 6.45) is 2.93. The molecule has 0 heterocycles. The van der Waals surface area contributed by atoms with Crippen LogP contribution in [0.4, 0.5) is 0 Å². The van der Waals surface area contributed by atoms with Crippen molar-refractivity contribution in [2.45, 2.75) is 33.6 Å². The summed E-state index contributed by atoms with van der Waals surface area (Å²) in [5.74, 6) is 1.02. The predicted octanol–water partition coefficient (Wildman–Crippen LogP) is 3.14. The molecule has 0 atom stereocenters. The molecule has 1 aliphatic carbocycles. The third kappa shape index (κ3) is 4.46. The third-order valence-electron chi connectivity index (χ3n) is 2.67. The summed E-state index contributed by atoms with van der Waals surface area (Å²) in [4.78, 5) is 2.60. The van der Waals surface area contributed by atoms with E-state index in [1.165, 1.54) is 32.5 Å². The van der Waals surface area contributed by atoms with Crippen molar-refractivity contribution in [3.05, 3.63) is 0 Å². The summed E-state index contributed by atoms with van der Waals surface area (Å²) in [5.41, 5.74) is 0.422. The lowest BCUT2D eigenvalue weighted by atomic mass is 9.96. The molecule has 1 saturated carbocycles. The first-order valence-corrected chi connectivity index (χ1v) is 6.48. The molecule has 0 bridgehead atoms. The number of hydrogen-bond acceptors (Lipinski definition) is 1. The Kier molecular flexibility index (Phi) is 4.24. The molecule has 1 nitrogen and oxygen atoms in total. The van der Waals surface area contributed by atoms with Crippen LogP contribution < -0.4 is 0 Å². The lowest BCUT2D eigenvalue weighted by Gasteiger charge is -2.30. The molecule has 0 unspecified atom stereocenters. The third-order valence-corrected chi connectivity index (χ3v) is 4.19. The SMILES string of the molecule is CCN(CC1CC1)CC(C)(C)CBr. The molecule has 0 aromatic heterocycles. The molecule has 0 radical (unpaired) electrons. The van der Waals surface area contributed by atoms with Crippen molar-refractivity contribution in [2.24, 2.45) is 11.3 Å². The van der Waals surface area contributed by atoms with E-state index in [1.54, 1.807) is 0 Å². The lowest BCUT2D eigenvalue weighted by Crippen LogP contribution is -2.36. The summed E-state index contributed by atoms with van der Waals surface area (Å²) in [6.45, 7) is 10.7. The maximum absolute atomic E-state index is 3.58. The Balaban J connectivity index is 2.28. The van der Waals surface area contributed by atoms with E-state index < -0.39 is 0 Å². The molecule has 0 saturated heterocycles. The summed E-state index contributed by atoms with van der Waals surface area (Å²) >= 11 is 3.58. The van der Waals surface area contributed by atoms with Crippen molar-refractivity contribution in [1.82, 2.24) is 4.90 Å². The zero-order chi connectivity index (χ0) is 9.90. The fraction of sp³-hybridized carbons (Fsp3) is 1.00. The van der Waals surface area contributed by atoms with Gasteiger partial charge in [0.05, 0.1) is 0 Å². The monoisotopic (exact) mass is 247 g/mol. The minimum Gasteiger partial charge on any atom is -0.303 e. The molecular weight excluding hydrogens is 226 g/mol. The highest BCUT2D eigenvalue weighted by Crippen LogP contribution is 2.30. The van der Waals surface area contributed by atoms with E-state index in [-0.39, 0.29) is 0 Å². The molecule has 1 aliphatic rings. The summed E-state index contributed by atoms with van der Waals surface area (Å²) in [6, 6.07) is 0. The first-order chi connectivity index (χ1) is 6.07. The minimum atomic E-state index is 0.422. The highest BCUT2D eigenvalue weighted by atomic mass is 79.9. The highest BCUT2D eigenvalue weighted by molar-refractivity contribution is 9.09. The Bertz CT molecular complexity index is 152. The van der Waals surface area contributed by atoms with Crippen LogP contribution in [0.3, 0.4) is 0 Å². The molecule has 2 heteroatoms. The second kappa shape index (κ2) is 4.79. The lowest BCUT2D eigenvalue weighted by molar-refractivity contribution is 0.197. The van der Waals surface area contributed by atoms with Crippen LogP contribution in [0.5, 0.6) is 0 Å². The number of alkyl halides is 1. The molecule has 78 valence electrons. The van der Waals surface area contributed by atoms with Gasteiger partial charge in [0, 0.05) is 18.4 Å². The van der Waals surface area contributed by atoms with Gasteiger partial charge in [0.25, 0.3) is 0 Å². The smallest absolute Gasteiger partial charge is 0.00949 e. The Morgan fingerprint density at radius 3 is 2.38 bits per heavy atom. The van der Waals surface area contributed by atoms with Gasteiger partial charge >= 0.3 is 0 Å². The van der Waals surface area contributed by atoms with Gasteiger partial charge in [-0.15, -0.1) is 0 Å². The van der Waals surface area contributed by atoms with E-state index >= 15 is 0 Å². The van der Waals surface area contributed by atoms with Crippen molar-refractivity contribution in [3.8, 4) is 0 Å². The average Bonchev–Trinajstić information content (AvgIpc) is 2.87. The summed E-state index contributed by atoms with van der Waals surface area (Å²) in [7, 11) is 0. The van der Waals surface area contributed by atoms with Crippen molar-refractivity contribution >= 4 is 15.9 Å². The number of hydrogen-bond donors (Lipinski definition) is 0. The van der Waals surface area contributed by atoms with E-state index in [2.05, 4.69) is 41.6 Å². The highest BCUT2D eigenvalue weighted by Gasteiger charge is 2.26. The van der Waals surface area contributed by atoms with Gasteiger partial charge in [-0.2, -0.15) is 0 Å². The molecule has 0 aromatic rings. The largest absolute Gasteiger partial charge is 0.303 e. The first-order valence-electron chi connectivity index (χ1n) is 5.35. The van der Waals surface area contributed by atoms with Crippen molar-refractivity contribution in [2.75, 3.05) is 25.0 Å². The Hall–Kier alpha value is 0.440. The van der Waals surface area contributed by atoms with E-state index in [0.29, 0.717) is 5.41 Å². The standard InChI is InChI=1S/C11H22BrN/c1-4-13(7-10-5-6-10)9-11(2,3)8-12/h10H,4-9H2,1-3H3. The normalized spacial score (nSPS) is 18.2. The predicted molar refractivity (Wildman–Crippen MR) is 62.4 cm³/mol. The second-order valence-electron chi connectivity index (χ2n) is 5.07. The minimum absolute atomic E-state index is 0.422. The van der Waals surface area contributed by atoms with E-state index in [4.69, 9.17) is 0 Å². The molecule has 0 N–H and O–H groups in total. The summed E-state index contributed by atoms with van der Waals surface area (Å²) < 4.78 is 0. The van der Waals surface area contributed by atoms with Crippen molar-refractivity contribution < 1.29 is 0 Å². The van der Waals surface area contributed by atoms with E-state index in [0.717, 1.165) is 11.2 Å². The molecule has 0 aromatic carbocycles. The number of nitrogens with zero attached hydrogens (tertiary/aromatic N) is 1. The van der Waals surface area contributed by atoms with Gasteiger partial charge in [-0.05, 0) is 30.7 Å². The molecule has 0 amide bonds. The van der Waals surface area contributed by atoms with Crippen LogP contribution in [0.15, 0.2) is 0 Å². The number of halogens is 1. The molecule has 13 heavy (non-hydrogen) atoms. The van der Waals surface area contributed by atoms with Gasteiger partial charge < -0.3 is 4.90 Å². The van der Waals surface area contributed by atoms with Crippen LogP contribution in [0.1, 0.15) is 33.6 Å². The number of rotatable bonds is 6. The van der Waals surface area contributed by atoms with Gasteiger partial charge in [0.15, 0.2) is 0 Å². The van der Waals surface area contributed by atoms with Gasteiger partial charge in [-0.3, -0.25) is 0 Å². The Morgan fingerprint density at radius 2 is 2.00 bits per heavy atom. The topological polar surface area (TPSA) is 3.24 Å². The molecule has 1 rings (SSSR count). The van der Waals surface area contributed by atoms with Crippen LogP contribution in [0, 0.1) is 11.3 Å². The van der Waals surface area contributed by atoms with Crippen molar-refractivity contribution in [1.29, 1.82) is 0 Å². The fourth-order valence-electron chi connectivity index (χ4n) is 1.62. The quantitative estimate of drug-likeness (QED) is 0.653. The molecule has 1 fully saturated rings. The summed E-state index contributed by atoms with van der Waals surface area (Å²) in [5, 5.41) is 1.10. The molecule has 0 spiro atoms. The van der Waals surface area contributed by atoms with Crippen molar-refractivity contribution in [3.63, 3.8) is 0 Å². The van der Waals surface area contributed by atoms with E-state index in [9.17, 15) is 0 Å². The van der Waals surface area contributed by atoms with Crippen LogP contribution in [-0.2, 0) is 0 Å². The van der Waals surface area contributed by atoms with Crippen LogP contribution in [-0.4, -0.2) is 29.9 Å². The Morgan fingerprint density at radius 1 is 1.38 bits per heavy atom. The Labute approximate surface area is 91.0 Å². The van der Waals surface area contributed by atoms with Crippen LogP contribution in [0.2, 0.25) is 0 Å². The zero-order valence-corrected chi connectivity index (χ0v) is 10.7. The van der Waals surface area contributed by atoms with Crippen LogP contribution in [0.25, 0.3) is 0 Å². The molecule has 0 aliphatic heterocycles. The maximum Gasteiger partial charge on any atom is 0.00949 e. The van der Waals surface area contributed by atoms with E-state index in [1.807, 2.05) is 0 Å². The fourth-order valence-corrected chi connectivity index (χ4v) is 1.80. The van der Waals surface area contributed by atoms with Gasteiger partial charge in [0.1, 0.15) is 0 Å². The first kappa shape index (κ1) is 11.5. The van der Waals surface area contributed by atoms with Crippen LogP contribution >= 0.6 is 15.9 Å². The van der Waals surface area contributed by atoms with Gasteiger partial charge in [-0.25, -0.2) is 0 Å². The van der Waals surface area contributed by atoms with Gasteiger partial charge in [0.2, 0.25) is 0 Å². The molecular formula is C11H22BrN. The maximum atomic E-state index is 3.58. The second-order valence-corrected chi connectivity index (χ2v) is 5.63. The zero-order valence-electron chi connectivity index (χ0n) is 9.15. The average molecular weight is 248 g/mol.